The summed E-state index contributed by atoms with van der Waals surface area (Å²) >= 11 is 0. The summed E-state index contributed by atoms with van der Waals surface area (Å²) in [6, 6.07) is -0.646. The standard InChI is InChI=1S/C10H16FNO3/c1-10(2,3)15-9(14)12-7(6-11)4-5-8(12)13/h7H,4-6H2,1-3H3/t7-/m0/s1. The summed E-state index contributed by atoms with van der Waals surface area (Å²) in [5, 5.41) is 0. The van der Waals surface area contributed by atoms with E-state index >= 15 is 0 Å². The van der Waals surface area contributed by atoms with E-state index in [1.807, 2.05) is 0 Å². The Hall–Kier alpha value is -1.13. The van der Waals surface area contributed by atoms with Gasteiger partial charge >= 0.3 is 6.09 Å². The molecule has 86 valence electrons. The Morgan fingerprint density at radius 3 is 2.67 bits per heavy atom. The zero-order valence-electron chi connectivity index (χ0n) is 9.25. The molecule has 1 aliphatic rings. The van der Waals surface area contributed by atoms with E-state index in [1.54, 1.807) is 20.8 Å². The highest BCUT2D eigenvalue weighted by Crippen LogP contribution is 2.22. The molecule has 2 amide bonds. The number of carbonyl (C=O) groups excluding carboxylic acids is 2. The van der Waals surface area contributed by atoms with Crippen molar-refractivity contribution >= 4 is 12.0 Å². The second-order valence-electron chi connectivity index (χ2n) is 4.59. The van der Waals surface area contributed by atoms with Crippen LogP contribution in [0.3, 0.4) is 0 Å². The molecule has 1 atom stereocenters. The highest BCUT2D eigenvalue weighted by Gasteiger charge is 2.38. The van der Waals surface area contributed by atoms with Crippen molar-refractivity contribution in [2.45, 2.75) is 45.3 Å². The van der Waals surface area contributed by atoms with Crippen LogP contribution >= 0.6 is 0 Å². The van der Waals surface area contributed by atoms with E-state index in [2.05, 4.69) is 0 Å². The van der Waals surface area contributed by atoms with E-state index in [0.29, 0.717) is 6.42 Å². The molecule has 0 radical (unpaired) electrons. The van der Waals surface area contributed by atoms with Gasteiger partial charge in [-0.2, -0.15) is 0 Å². The van der Waals surface area contributed by atoms with Gasteiger partial charge in [0.15, 0.2) is 0 Å². The Balaban J connectivity index is 2.69. The van der Waals surface area contributed by atoms with Crippen LogP contribution in [-0.4, -0.2) is 35.2 Å². The zero-order valence-corrected chi connectivity index (χ0v) is 9.25. The largest absolute Gasteiger partial charge is 0.443 e. The van der Waals surface area contributed by atoms with Crippen LogP contribution in [0.25, 0.3) is 0 Å². The van der Waals surface area contributed by atoms with Gasteiger partial charge in [0.25, 0.3) is 0 Å². The number of likely N-dealkylation sites (tertiary alicyclic amines) is 1. The number of hydrogen-bond acceptors (Lipinski definition) is 3. The monoisotopic (exact) mass is 217 g/mol. The minimum absolute atomic E-state index is 0.216. The first-order valence-electron chi connectivity index (χ1n) is 4.96. The molecular weight excluding hydrogens is 201 g/mol. The Morgan fingerprint density at radius 1 is 1.60 bits per heavy atom. The number of ether oxygens (including phenoxy) is 1. The second kappa shape index (κ2) is 4.16. The summed E-state index contributed by atoms with van der Waals surface area (Å²) in [4.78, 5) is 23.8. The molecule has 1 saturated heterocycles. The van der Waals surface area contributed by atoms with Gasteiger partial charge < -0.3 is 4.74 Å². The van der Waals surface area contributed by atoms with Crippen LogP contribution in [0.15, 0.2) is 0 Å². The lowest BCUT2D eigenvalue weighted by Gasteiger charge is -2.26. The third kappa shape index (κ3) is 2.91. The lowest BCUT2D eigenvalue weighted by atomic mass is 10.2. The maximum atomic E-state index is 12.5. The first kappa shape index (κ1) is 11.9. The molecule has 1 fully saturated rings. The molecule has 1 heterocycles. The van der Waals surface area contributed by atoms with Crippen LogP contribution in [0.4, 0.5) is 9.18 Å². The smallest absolute Gasteiger partial charge is 0.417 e. The topological polar surface area (TPSA) is 46.6 Å². The van der Waals surface area contributed by atoms with E-state index < -0.39 is 24.4 Å². The number of hydrogen-bond donors (Lipinski definition) is 0. The number of amides is 2. The molecular formula is C10H16FNO3. The predicted molar refractivity (Wildman–Crippen MR) is 52.1 cm³/mol. The molecule has 0 saturated carbocycles. The van der Waals surface area contributed by atoms with Gasteiger partial charge in [0.2, 0.25) is 5.91 Å². The van der Waals surface area contributed by atoms with Crippen molar-refractivity contribution in [2.75, 3.05) is 6.67 Å². The Morgan fingerprint density at radius 2 is 2.20 bits per heavy atom. The summed E-state index contributed by atoms with van der Waals surface area (Å²) < 4.78 is 17.5. The van der Waals surface area contributed by atoms with E-state index in [1.165, 1.54) is 0 Å². The van der Waals surface area contributed by atoms with Crippen molar-refractivity contribution in [1.82, 2.24) is 4.90 Å². The molecule has 1 rings (SSSR count). The summed E-state index contributed by atoms with van der Waals surface area (Å²) in [7, 11) is 0. The number of rotatable bonds is 1. The molecule has 0 aromatic heterocycles. The fourth-order valence-corrected chi connectivity index (χ4v) is 1.45. The van der Waals surface area contributed by atoms with Gasteiger partial charge in [0, 0.05) is 6.42 Å². The molecule has 0 aromatic rings. The second-order valence-corrected chi connectivity index (χ2v) is 4.59. The minimum Gasteiger partial charge on any atom is -0.443 e. The lowest BCUT2D eigenvalue weighted by Crippen LogP contribution is -2.43. The molecule has 0 N–H and O–H groups in total. The SMILES string of the molecule is CC(C)(C)OC(=O)N1C(=O)CC[C@H]1CF. The fraction of sp³-hybridized carbons (Fsp3) is 0.800. The third-order valence-electron chi connectivity index (χ3n) is 2.09. The van der Waals surface area contributed by atoms with Crippen LogP contribution in [0.5, 0.6) is 0 Å². The van der Waals surface area contributed by atoms with Crippen molar-refractivity contribution in [3.05, 3.63) is 0 Å². The van der Waals surface area contributed by atoms with Gasteiger partial charge in [-0.1, -0.05) is 0 Å². The van der Waals surface area contributed by atoms with Crippen molar-refractivity contribution in [3.8, 4) is 0 Å². The third-order valence-corrected chi connectivity index (χ3v) is 2.09. The maximum absolute atomic E-state index is 12.5. The highest BCUT2D eigenvalue weighted by atomic mass is 19.1. The normalized spacial score (nSPS) is 22.0. The maximum Gasteiger partial charge on any atom is 0.417 e. The van der Waals surface area contributed by atoms with Crippen LogP contribution in [0.1, 0.15) is 33.6 Å². The van der Waals surface area contributed by atoms with Crippen LogP contribution in [-0.2, 0) is 9.53 Å². The van der Waals surface area contributed by atoms with Crippen molar-refractivity contribution < 1.29 is 18.7 Å². The average molecular weight is 217 g/mol. The summed E-state index contributed by atoms with van der Waals surface area (Å²) in [6.07, 6.45) is -0.143. The van der Waals surface area contributed by atoms with Crippen LogP contribution in [0, 0.1) is 0 Å². The van der Waals surface area contributed by atoms with E-state index in [4.69, 9.17) is 4.74 Å². The summed E-state index contributed by atoms with van der Waals surface area (Å²) in [6.45, 7) is 4.41. The van der Waals surface area contributed by atoms with Crippen LogP contribution in [0.2, 0.25) is 0 Å². The van der Waals surface area contributed by atoms with E-state index in [-0.39, 0.29) is 12.3 Å². The molecule has 0 aromatic carbocycles. The molecule has 5 heteroatoms. The molecule has 0 aliphatic carbocycles. The molecule has 15 heavy (non-hydrogen) atoms. The highest BCUT2D eigenvalue weighted by molar-refractivity contribution is 5.94. The van der Waals surface area contributed by atoms with Gasteiger partial charge in [-0.05, 0) is 27.2 Å². The van der Waals surface area contributed by atoms with E-state index in [9.17, 15) is 14.0 Å². The van der Waals surface area contributed by atoms with Gasteiger partial charge in [-0.25, -0.2) is 14.1 Å². The van der Waals surface area contributed by atoms with Gasteiger partial charge in [0.05, 0.1) is 6.04 Å². The lowest BCUT2D eigenvalue weighted by molar-refractivity contribution is -0.128. The predicted octanol–water partition coefficient (Wildman–Crippen LogP) is 1.88. The average Bonchev–Trinajstić information content (AvgIpc) is 2.43. The van der Waals surface area contributed by atoms with Gasteiger partial charge in [-0.3, -0.25) is 4.79 Å². The number of carbonyl (C=O) groups is 2. The van der Waals surface area contributed by atoms with E-state index in [0.717, 1.165) is 4.90 Å². The first-order valence-corrected chi connectivity index (χ1v) is 4.96. The van der Waals surface area contributed by atoms with Crippen LogP contribution < -0.4 is 0 Å². The number of alkyl halides is 1. The first-order chi connectivity index (χ1) is 6.85. The Labute approximate surface area is 88.4 Å². The molecule has 1 aliphatic heterocycles. The van der Waals surface area contributed by atoms with Crippen molar-refractivity contribution in [1.29, 1.82) is 0 Å². The quantitative estimate of drug-likeness (QED) is 0.673. The molecule has 0 spiro atoms. The fourth-order valence-electron chi connectivity index (χ4n) is 1.45. The zero-order chi connectivity index (χ0) is 11.6. The van der Waals surface area contributed by atoms with Gasteiger partial charge in [-0.15, -0.1) is 0 Å². The number of nitrogens with zero attached hydrogens (tertiary/aromatic N) is 1. The minimum atomic E-state index is -0.743. The number of imide groups is 1. The molecule has 4 nitrogen and oxygen atoms in total. The Bertz CT molecular complexity index is 272. The molecule has 0 bridgehead atoms. The van der Waals surface area contributed by atoms with Crippen molar-refractivity contribution in [3.63, 3.8) is 0 Å². The summed E-state index contributed by atoms with van der Waals surface area (Å²) in [5.41, 5.74) is -0.666. The van der Waals surface area contributed by atoms with Gasteiger partial charge in [0.1, 0.15) is 12.3 Å². The number of halogens is 1. The molecule has 0 unspecified atom stereocenters. The summed E-state index contributed by atoms with van der Waals surface area (Å²) in [5.74, 6) is -0.355. The Kier molecular flexibility index (Phi) is 3.31. The van der Waals surface area contributed by atoms with Crippen molar-refractivity contribution in [2.24, 2.45) is 0 Å².